The third-order valence-corrected chi connectivity index (χ3v) is 3.67. The molecular formula is C15H25FN2. The van der Waals surface area contributed by atoms with Gasteiger partial charge in [-0.3, -0.25) is 0 Å². The molecule has 0 bridgehead atoms. The Labute approximate surface area is 110 Å². The van der Waals surface area contributed by atoms with Gasteiger partial charge in [0.25, 0.3) is 0 Å². The van der Waals surface area contributed by atoms with E-state index >= 15 is 0 Å². The highest BCUT2D eigenvalue weighted by Crippen LogP contribution is 2.30. The van der Waals surface area contributed by atoms with Crippen molar-refractivity contribution in [3.8, 4) is 0 Å². The summed E-state index contributed by atoms with van der Waals surface area (Å²) in [5, 5.41) is 3.47. The van der Waals surface area contributed by atoms with Crippen LogP contribution in [0.2, 0.25) is 0 Å². The lowest BCUT2D eigenvalue weighted by Crippen LogP contribution is -2.49. The van der Waals surface area contributed by atoms with Gasteiger partial charge in [-0.25, -0.2) is 4.39 Å². The first-order chi connectivity index (χ1) is 8.41. The van der Waals surface area contributed by atoms with Gasteiger partial charge in [0.05, 0.1) is 6.04 Å². The summed E-state index contributed by atoms with van der Waals surface area (Å²) in [6.45, 7) is 7.27. The molecule has 1 rings (SSSR count). The van der Waals surface area contributed by atoms with Crippen LogP contribution in [0.1, 0.15) is 38.8 Å². The van der Waals surface area contributed by atoms with Crippen molar-refractivity contribution in [1.82, 2.24) is 10.2 Å². The Morgan fingerprint density at radius 3 is 2.39 bits per heavy atom. The Morgan fingerprint density at radius 1 is 1.28 bits per heavy atom. The van der Waals surface area contributed by atoms with Crippen molar-refractivity contribution < 1.29 is 4.39 Å². The zero-order valence-corrected chi connectivity index (χ0v) is 12.1. The molecule has 1 N–H and O–H groups in total. The maximum atomic E-state index is 14.0. The first-order valence-corrected chi connectivity index (χ1v) is 6.56. The summed E-state index contributed by atoms with van der Waals surface area (Å²) < 4.78 is 14.0. The van der Waals surface area contributed by atoms with E-state index in [1.165, 1.54) is 6.07 Å². The SMILES string of the molecule is CCCNC(c1ccccc1F)C(C)(C)N(C)C. The summed E-state index contributed by atoms with van der Waals surface area (Å²) in [5.74, 6) is -0.138. The fourth-order valence-electron chi connectivity index (χ4n) is 2.00. The summed E-state index contributed by atoms with van der Waals surface area (Å²) in [7, 11) is 4.06. The second-order valence-electron chi connectivity index (χ2n) is 5.46. The van der Waals surface area contributed by atoms with Crippen LogP contribution in [0.25, 0.3) is 0 Å². The maximum absolute atomic E-state index is 14.0. The van der Waals surface area contributed by atoms with Crippen LogP contribution in [-0.4, -0.2) is 31.1 Å². The van der Waals surface area contributed by atoms with Crippen LogP contribution in [0.4, 0.5) is 4.39 Å². The van der Waals surface area contributed by atoms with Gasteiger partial charge in [-0.1, -0.05) is 25.1 Å². The first kappa shape index (κ1) is 15.1. The average molecular weight is 252 g/mol. The molecular weight excluding hydrogens is 227 g/mol. The Hall–Kier alpha value is -0.930. The number of hydrogen-bond acceptors (Lipinski definition) is 2. The number of nitrogens with one attached hydrogen (secondary N) is 1. The van der Waals surface area contributed by atoms with E-state index in [-0.39, 0.29) is 17.4 Å². The van der Waals surface area contributed by atoms with Crippen molar-refractivity contribution in [2.24, 2.45) is 0 Å². The van der Waals surface area contributed by atoms with Gasteiger partial charge in [-0.15, -0.1) is 0 Å². The number of benzene rings is 1. The minimum atomic E-state index is -0.155. The minimum Gasteiger partial charge on any atom is -0.308 e. The van der Waals surface area contributed by atoms with Crippen molar-refractivity contribution in [3.05, 3.63) is 35.6 Å². The summed E-state index contributed by atoms with van der Waals surface area (Å²) in [6.07, 6.45) is 1.04. The molecule has 102 valence electrons. The molecule has 0 fully saturated rings. The number of nitrogens with zero attached hydrogens (tertiary/aromatic N) is 1. The van der Waals surface area contributed by atoms with Gasteiger partial charge >= 0.3 is 0 Å². The number of rotatable bonds is 6. The fourth-order valence-corrected chi connectivity index (χ4v) is 2.00. The van der Waals surface area contributed by atoms with Gasteiger partial charge in [0.15, 0.2) is 0 Å². The molecule has 0 spiro atoms. The molecule has 0 saturated carbocycles. The van der Waals surface area contributed by atoms with Crippen LogP contribution in [-0.2, 0) is 0 Å². The van der Waals surface area contributed by atoms with E-state index in [2.05, 4.69) is 31.0 Å². The Kier molecular flexibility index (Phi) is 5.29. The Balaban J connectivity index is 3.09. The van der Waals surface area contributed by atoms with Gasteiger partial charge in [-0.05, 0) is 47.0 Å². The smallest absolute Gasteiger partial charge is 0.128 e. The van der Waals surface area contributed by atoms with Crippen molar-refractivity contribution in [1.29, 1.82) is 0 Å². The molecule has 1 unspecified atom stereocenters. The maximum Gasteiger partial charge on any atom is 0.128 e. The highest BCUT2D eigenvalue weighted by Gasteiger charge is 2.33. The molecule has 0 aromatic heterocycles. The lowest BCUT2D eigenvalue weighted by atomic mass is 9.87. The van der Waals surface area contributed by atoms with Crippen molar-refractivity contribution in [2.75, 3.05) is 20.6 Å². The van der Waals surface area contributed by atoms with E-state index in [1.807, 2.05) is 26.2 Å². The monoisotopic (exact) mass is 252 g/mol. The third-order valence-electron chi connectivity index (χ3n) is 3.67. The van der Waals surface area contributed by atoms with Gasteiger partial charge in [0.1, 0.15) is 5.82 Å². The number of halogens is 1. The third kappa shape index (κ3) is 3.30. The zero-order valence-electron chi connectivity index (χ0n) is 12.1. The predicted octanol–water partition coefficient (Wildman–Crippen LogP) is 3.21. The Morgan fingerprint density at radius 2 is 1.89 bits per heavy atom. The van der Waals surface area contributed by atoms with Crippen molar-refractivity contribution >= 4 is 0 Å². The van der Waals surface area contributed by atoms with Crippen LogP contribution in [0.3, 0.4) is 0 Å². The van der Waals surface area contributed by atoms with Crippen LogP contribution in [0.5, 0.6) is 0 Å². The molecule has 3 heteroatoms. The molecule has 1 aromatic carbocycles. The molecule has 0 radical (unpaired) electrons. The van der Waals surface area contributed by atoms with Gasteiger partial charge in [-0.2, -0.15) is 0 Å². The van der Waals surface area contributed by atoms with Gasteiger partial charge < -0.3 is 10.2 Å². The molecule has 0 aliphatic rings. The lowest BCUT2D eigenvalue weighted by Gasteiger charge is -2.41. The van der Waals surface area contributed by atoms with E-state index in [9.17, 15) is 4.39 Å². The minimum absolute atomic E-state index is 0.0198. The number of likely N-dealkylation sites (N-methyl/N-ethyl adjacent to an activating group) is 1. The normalized spacial score (nSPS) is 13.9. The second kappa shape index (κ2) is 6.30. The molecule has 0 saturated heterocycles. The molecule has 0 aliphatic heterocycles. The largest absolute Gasteiger partial charge is 0.308 e. The molecule has 1 aromatic rings. The summed E-state index contributed by atoms with van der Waals surface area (Å²) in [5.41, 5.74) is 0.585. The molecule has 1 atom stereocenters. The van der Waals surface area contributed by atoms with E-state index in [1.54, 1.807) is 6.07 Å². The average Bonchev–Trinajstić information content (AvgIpc) is 2.31. The van der Waals surface area contributed by atoms with Crippen LogP contribution in [0.15, 0.2) is 24.3 Å². The highest BCUT2D eigenvalue weighted by molar-refractivity contribution is 5.24. The standard InChI is InChI=1S/C15H25FN2/c1-6-11-17-14(15(2,3)18(4)5)12-9-7-8-10-13(12)16/h7-10,14,17H,6,11H2,1-5H3. The second-order valence-corrected chi connectivity index (χ2v) is 5.46. The summed E-state index contributed by atoms with van der Waals surface area (Å²) >= 11 is 0. The first-order valence-electron chi connectivity index (χ1n) is 6.56. The van der Waals surface area contributed by atoms with Gasteiger partial charge in [0, 0.05) is 11.1 Å². The number of hydrogen-bond donors (Lipinski definition) is 1. The molecule has 0 amide bonds. The lowest BCUT2D eigenvalue weighted by molar-refractivity contribution is 0.136. The molecule has 0 aliphatic carbocycles. The molecule has 0 heterocycles. The zero-order chi connectivity index (χ0) is 13.8. The van der Waals surface area contributed by atoms with E-state index in [0.717, 1.165) is 18.5 Å². The van der Waals surface area contributed by atoms with E-state index < -0.39 is 0 Å². The summed E-state index contributed by atoms with van der Waals surface area (Å²) in [6, 6.07) is 7.01. The van der Waals surface area contributed by atoms with Gasteiger partial charge in [0.2, 0.25) is 0 Å². The van der Waals surface area contributed by atoms with Crippen LogP contribution < -0.4 is 5.32 Å². The highest BCUT2D eigenvalue weighted by atomic mass is 19.1. The van der Waals surface area contributed by atoms with Crippen molar-refractivity contribution in [2.45, 2.75) is 38.8 Å². The topological polar surface area (TPSA) is 15.3 Å². The van der Waals surface area contributed by atoms with E-state index in [4.69, 9.17) is 0 Å². The van der Waals surface area contributed by atoms with Crippen LogP contribution >= 0.6 is 0 Å². The Bertz CT molecular complexity index is 375. The van der Waals surface area contributed by atoms with Crippen molar-refractivity contribution in [3.63, 3.8) is 0 Å². The fraction of sp³-hybridized carbons (Fsp3) is 0.600. The molecule has 2 nitrogen and oxygen atoms in total. The van der Waals surface area contributed by atoms with Crippen LogP contribution in [0, 0.1) is 5.82 Å². The van der Waals surface area contributed by atoms with E-state index in [0.29, 0.717) is 0 Å². The summed E-state index contributed by atoms with van der Waals surface area (Å²) in [4.78, 5) is 2.13. The quantitative estimate of drug-likeness (QED) is 0.836. The molecule has 18 heavy (non-hydrogen) atoms. The predicted molar refractivity (Wildman–Crippen MR) is 75.2 cm³/mol.